The van der Waals surface area contributed by atoms with E-state index in [1.165, 1.54) is 0 Å². The van der Waals surface area contributed by atoms with Gasteiger partial charge >= 0.3 is 5.97 Å². The van der Waals surface area contributed by atoms with E-state index in [4.69, 9.17) is 5.11 Å². The second-order valence-corrected chi connectivity index (χ2v) is 4.05. The summed E-state index contributed by atoms with van der Waals surface area (Å²) in [5.74, 6) is -1.36. The quantitative estimate of drug-likeness (QED) is 0.704. The molecule has 0 aromatic carbocycles. The fourth-order valence-corrected chi connectivity index (χ4v) is 2.43. The maximum Gasteiger partial charge on any atom is 0.309 e. The van der Waals surface area contributed by atoms with Crippen LogP contribution in [0.25, 0.3) is 0 Å². The Hall–Kier alpha value is -0.570. The number of carboxylic acids is 1. The van der Waals surface area contributed by atoms with E-state index in [0.717, 1.165) is 19.3 Å². The van der Waals surface area contributed by atoms with Crippen LogP contribution in [-0.4, -0.2) is 21.8 Å². The van der Waals surface area contributed by atoms with Gasteiger partial charge in [0.15, 0.2) is 0 Å². The van der Waals surface area contributed by atoms with Crippen LogP contribution in [0.5, 0.6) is 0 Å². The fourth-order valence-electron chi connectivity index (χ4n) is 2.43. The lowest BCUT2D eigenvalue weighted by Crippen LogP contribution is -2.43. The third-order valence-corrected chi connectivity index (χ3v) is 3.45. The Morgan fingerprint density at radius 1 is 1.69 bits per heavy atom. The number of hydrogen-bond donors (Lipinski definition) is 2. The van der Waals surface area contributed by atoms with Crippen molar-refractivity contribution in [3.63, 3.8) is 0 Å². The van der Waals surface area contributed by atoms with E-state index in [-0.39, 0.29) is 5.92 Å². The Kier molecular flexibility index (Phi) is 2.96. The van der Waals surface area contributed by atoms with Crippen LogP contribution in [0, 0.1) is 11.8 Å². The molecular weight excluding hydrogens is 168 g/mol. The van der Waals surface area contributed by atoms with Gasteiger partial charge in [0.1, 0.15) is 0 Å². The highest BCUT2D eigenvalue weighted by Gasteiger charge is 2.47. The van der Waals surface area contributed by atoms with E-state index in [1.807, 2.05) is 6.92 Å². The van der Waals surface area contributed by atoms with E-state index >= 15 is 0 Å². The minimum Gasteiger partial charge on any atom is -0.481 e. The molecular formula is C10H18O3. The van der Waals surface area contributed by atoms with Crippen molar-refractivity contribution in [2.75, 3.05) is 0 Å². The maximum absolute atomic E-state index is 10.8. The molecule has 0 aromatic rings. The van der Waals surface area contributed by atoms with Gasteiger partial charge in [-0.25, -0.2) is 0 Å². The molecule has 0 spiro atoms. The smallest absolute Gasteiger partial charge is 0.309 e. The second-order valence-electron chi connectivity index (χ2n) is 4.05. The summed E-state index contributed by atoms with van der Waals surface area (Å²) >= 11 is 0. The topological polar surface area (TPSA) is 57.5 Å². The van der Waals surface area contributed by atoms with E-state index in [1.54, 1.807) is 6.92 Å². The summed E-state index contributed by atoms with van der Waals surface area (Å²) in [6, 6.07) is 0. The number of aliphatic hydroxyl groups is 1. The molecule has 0 aliphatic heterocycles. The van der Waals surface area contributed by atoms with E-state index < -0.39 is 17.5 Å². The molecule has 3 nitrogen and oxygen atoms in total. The Morgan fingerprint density at radius 2 is 2.31 bits per heavy atom. The van der Waals surface area contributed by atoms with Crippen LogP contribution in [0.2, 0.25) is 0 Å². The Bertz CT molecular complexity index is 202. The number of carbonyl (C=O) groups is 1. The summed E-state index contributed by atoms with van der Waals surface area (Å²) < 4.78 is 0. The maximum atomic E-state index is 10.8. The normalized spacial score (nSPS) is 36.1. The zero-order chi connectivity index (χ0) is 10.1. The SMILES string of the molecule is CCC1CCCC1(O)C(C)C(=O)O. The molecule has 0 bridgehead atoms. The monoisotopic (exact) mass is 186 g/mol. The summed E-state index contributed by atoms with van der Waals surface area (Å²) in [6.07, 6.45) is 3.42. The van der Waals surface area contributed by atoms with Gasteiger partial charge in [-0.05, 0) is 25.7 Å². The van der Waals surface area contributed by atoms with Crippen LogP contribution in [-0.2, 0) is 4.79 Å². The van der Waals surface area contributed by atoms with E-state index in [0.29, 0.717) is 6.42 Å². The molecule has 0 amide bonds. The molecule has 3 unspecified atom stereocenters. The highest BCUT2D eigenvalue weighted by atomic mass is 16.4. The van der Waals surface area contributed by atoms with Crippen LogP contribution in [0.4, 0.5) is 0 Å². The number of carboxylic acid groups (broad SMARTS) is 1. The first-order valence-corrected chi connectivity index (χ1v) is 4.97. The molecule has 1 aliphatic carbocycles. The van der Waals surface area contributed by atoms with Gasteiger partial charge in [0.05, 0.1) is 11.5 Å². The lowest BCUT2D eigenvalue weighted by atomic mass is 9.79. The number of aliphatic carboxylic acids is 1. The highest BCUT2D eigenvalue weighted by Crippen LogP contribution is 2.42. The third kappa shape index (κ3) is 1.70. The standard InChI is InChI=1S/C10H18O3/c1-3-8-5-4-6-10(8,13)7(2)9(11)12/h7-8,13H,3-6H2,1-2H3,(H,11,12). The van der Waals surface area contributed by atoms with E-state index in [9.17, 15) is 9.90 Å². The van der Waals surface area contributed by atoms with Crippen LogP contribution in [0.1, 0.15) is 39.5 Å². The average molecular weight is 186 g/mol. The average Bonchev–Trinajstić information content (AvgIpc) is 2.46. The van der Waals surface area contributed by atoms with Gasteiger partial charge in [0, 0.05) is 0 Å². The van der Waals surface area contributed by atoms with Crippen molar-refractivity contribution in [1.29, 1.82) is 0 Å². The Balaban J connectivity index is 2.78. The van der Waals surface area contributed by atoms with Crippen molar-refractivity contribution >= 4 is 5.97 Å². The molecule has 13 heavy (non-hydrogen) atoms. The molecule has 3 heteroatoms. The molecule has 0 radical (unpaired) electrons. The van der Waals surface area contributed by atoms with Crippen molar-refractivity contribution in [1.82, 2.24) is 0 Å². The van der Waals surface area contributed by atoms with Gasteiger partial charge in [0.2, 0.25) is 0 Å². The molecule has 1 rings (SSSR count). The summed E-state index contributed by atoms with van der Waals surface area (Å²) in [7, 11) is 0. The summed E-state index contributed by atoms with van der Waals surface area (Å²) in [5.41, 5.74) is -0.958. The fraction of sp³-hybridized carbons (Fsp3) is 0.900. The first-order chi connectivity index (χ1) is 6.02. The Morgan fingerprint density at radius 3 is 2.77 bits per heavy atom. The van der Waals surface area contributed by atoms with Crippen LogP contribution in [0.15, 0.2) is 0 Å². The summed E-state index contributed by atoms with van der Waals surface area (Å²) in [5, 5.41) is 19.1. The highest BCUT2D eigenvalue weighted by molar-refractivity contribution is 5.71. The second kappa shape index (κ2) is 3.66. The van der Waals surface area contributed by atoms with Gasteiger partial charge in [0.25, 0.3) is 0 Å². The van der Waals surface area contributed by atoms with Crippen LogP contribution in [0.3, 0.4) is 0 Å². The van der Waals surface area contributed by atoms with Gasteiger partial charge in [-0.1, -0.05) is 19.8 Å². The van der Waals surface area contributed by atoms with Gasteiger partial charge < -0.3 is 10.2 Å². The summed E-state index contributed by atoms with van der Waals surface area (Å²) in [6.45, 7) is 3.62. The molecule has 1 fully saturated rings. The zero-order valence-corrected chi connectivity index (χ0v) is 8.29. The first kappa shape index (κ1) is 10.5. The minimum atomic E-state index is -0.958. The first-order valence-electron chi connectivity index (χ1n) is 4.97. The van der Waals surface area contributed by atoms with Crippen molar-refractivity contribution < 1.29 is 15.0 Å². The molecule has 1 aliphatic rings. The van der Waals surface area contributed by atoms with Gasteiger partial charge in [-0.3, -0.25) is 4.79 Å². The third-order valence-electron chi connectivity index (χ3n) is 3.45. The van der Waals surface area contributed by atoms with Crippen LogP contribution >= 0.6 is 0 Å². The molecule has 0 saturated heterocycles. The van der Waals surface area contributed by atoms with Crippen molar-refractivity contribution in [2.45, 2.75) is 45.1 Å². The zero-order valence-electron chi connectivity index (χ0n) is 8.29. The molecule has 0 heterocycles. The van der Waals surface area contributed by atoms with Crippen molar-refractivity contribution in [2.24, 2.45) is 11.8 Å². The van der Waals surface area contributed by atoms with Crippen LogP contribution < -0.4 is 0 Å². The van der Waals surface area contributed by atoms with Gasteiger partial charge in [-0.15, -0.1) is 0 Å². The predicted octanol–water partition coefficient (Wildman–Crippen LogP) is 1.65. The largest absolute Gasteiger partial charge is 0.481 e. The summed E-state index contributed by atoms with van der Waals surface area (Å²) in [4.78, 5) is 10.8. The lowest BCUT2D eigenvalue weighted by Gasteiger charge is -2.33. The number of rotatable bonds is 3. The molecule has 76 valence electrons. The lowest BCUT2D eigenvalue weighted by molar-refractivity contribution is -0.153. The van der Waals surface area contributed by atoms with Crippen molar-refractivity contribution in [3.8, 4) is 0 Å². The van der Waals surface area contributed by atoms with E-state index in [2.05, 4.69) is 0 Å². The molecule has 1 saturated carbocycles. The minimum absolute atomic E-state index is 0.165. The predicted molar refractivity (Wildman–Crippen MR) is 49.4 cm³/mol. The molecule has 2 N–H and O–H groups in total. The van der Waals surface area contributed by atoms with Crippen molar-refractivity contribution in [3.05, 3.63) is 0 Å². The number of hydrogen-bond acceptors (Lipinski definition) is 2. The molecule has 3 atom stereocenters. The Labute approximate surface area is 78.8 Å². The molecule has 0 aromatic heterocycles. The van der Waals surface area contributed by atoms with Gasteiger partial charge in [-0.2, -0.15) is 0 Å².